The van der Waals surface area contributed by atoms with Crippen molar-refractivity contribution in [1.82, 2.24) is 19.5 Å². The Balaban J connectivity index is 1.07. The number of hydrogen-bond donors (Lipinski definition) is 0. The van der Waals surface area contributed by atoms with E-state index in [1.807, 2.05) is 11.3 Å². The van der Waals surface area contributed by atoms with Gasteiger partial charge in [0.05, 0.1) is 16.7 Å². The summed E-state index contributed by atoms with van der Waals surface area (Å²) in [5.74, 6) is 1.84. The van der Waals surface area contributed by atoms with Crippen LogP contribution in [0.3, 0.4) is 0 Å². The van der Waals surface area contributed by atoms with Gasteiger partial charge in [-0.1, -0.05) is 170 Å². The van der Waals surface area contributed by atoms with Gasteiger partial charge in [0.15, 0.2) is 17.5 Å². The molecule has 5 heteroatoms. The number of rotatable bonds is 6. The molecule has 0 aliphatic heterocycles. The molecular formula is C59H36N4S. The fraction of sp³-hybridized carbons (Fsp3) is 0. The number of fused-ring (bicyclic) bond motifs is 9. The average molecular weight is 833 g/mol. The first-order valence-corrected chi connectivity index (χ1v) is 22.4. The van der Waals surface area contributed by atoms with Crippen LogP contribution in [0.25, 0.3) is 126 Å². The molecule has 0 N–H and O–H groups in total. The Hall–Kier alpha value is -8.25. The van der Waals surface area contributed by atoms with Gasteiger partial charge < -0.3 is 4.57 Å². The summed E-state index contributed by atoms with van der Waals surface area (Å²) in [7, 11) is 0. The van der Waals surface area contributed by atoms with Crippen LogP contribution in [0.5, 0.6) is 0 Å². The topological polar surface area (TPSA) is 43.6 Å². The zero-order chi connectivity index (χ0) is 42.1. The van der Waals surface area contributed by atoms with E-state index in [9.17, 15) is 0 Å². The summed E-state index contributed by atoms with van der Waals surface area (Å²) in [5, 5.41) is 9.56. The molecule has 0 fully saturated rings. The summed E-state index contributed by atoms with van der Waals surface area (Å²) in [6.07, 6.45) is 0. The van der Waals surface area contributed by atoms with Gasteiger partial charge in [-0.2, -0.15) is 0 Å². The summed E-state index contributed by atoms with van der Waals surface area (Å²) in [4.78, 5) is 16.3. The molecule has 0 bridgehead atoms. The SMILES string of the molecule is c1ccc(-c2ccc(-c3nc(-c4cccc(-c5ccc6c(c5)sc5ccccc56)c4)nc(-c4cc5ccccc5c5ccccc45)n3)c(-n3c4ccccc4c4ccccc43)c2)cc1. The smallest absolute Gasteiger partial charge is 0.166 e. The zero-order valence-electron chi connectivity index (χ0n) is 34.5. The molecule has 0 unspecified atom stereocenters. The van der Waals surface area contributed by atoms with Crippen LogP contribution in [0.4, 0.5) is 0 Å². The van der Waals surface area contributed by atoms with Crippen LogP contribution >= 0.6 is 11.3 Å². The Morgan fingerprint density at radius 1 is 0.297 bits per heavy atom. The van der Waals surface area contributed by atoms with Crippen molar-refractivity contribution in [3.63, 3.8) is 0 Å². The van der Waals surface area contributed by atoms with Crippen LogP contribution < -0.4 is 0 Å². The maximum atomic E-state index is 5.49. The van der Waals surface area contributed by atoms with Crippen molar-refractivity contribution in [2.75, 3.05) is 0 Å². The zero-order valence-corrected chi connectivity index (χ0v) is 35.3. The molecule has 0 spiro atoms. The summed E-state index contributed by atoms with van der Waals surface area (Å²) < 4.78 is 4.95. The number of benzene rings is 10. The third-order valence-electron chi connectivity index (χ3n) is 12.6. The number of aromatic nitrogens is 4. The molecule has 64 heavy (non-hydrogen) atoms. The molecule has 0 saturated heterocycles. The Bertz CT molecular complexity index is 3920. The van der Waals surface area contributed by atoms with Crippen molar-refractivity contribution in [3.8, 4) is 62.1 Å². The Kier molecular flexibility index (Phi) is 8.36. The van der Waals surface area contributed by atoms with Crippen molar-refractivity contribution in [2.24, 2.45) is 0 Å². The summed E-state index contributed by atoms with van der Waals surface area (Å²) >= 11 is 1.84. The van der Waals surface area contributed by atoms with Gasteiger partial charge >= 0.3 is 0 Å². The molecular weight excluding hydrogens is 797 g/mol. The van der Waals surface area contributed by atoms with Crippen LogP contribution in [0.2, 0.25) is 0 Å². The van der Waals surface area contributed by atoms with Crippen molar-refractivity contribution < 1.29 is 0 Å². The van der Waals surface area contributed by atoms with E-state index in [2.05, 4.69) is 223 Å². The maximum absolute atomic E-state index is 5.49. The highest BCUT2D eigenvalue weighted by Gasteiger charge is 2.22. The van der Waals surface area contributed by atoms with Gasteiger partial charge in [-0.3, -0.25) is 0 Å². The molecule has 0 saturated carbocycles. The van der Waals surface area contributed by atoms with E-state index in [-0.39, 0.29) is 0 Å². The number of thiophene rings is 1. The molecule has 3 aromatic heterocycles. The second-order valence-electron chi connectivity index (χ2n) is 16.4. The van der Waals surface area contributed by atoms with E-state index < -0.39 is 0 Å². The molecule has 298 valence electrons. The number of hydrogen-bond acceptors (Lipinski definition) is 4. The lowest BCUT2D eigenvalue weighted by atomic mass is 9.96. The van der Waals surface area contributed by atoms with E-state index in [0.717, 1.165) is 71.8 Å². The first kappa shape index (κ1) is 36.4. The molecule has 0 amide bonds. The summed E-state index contributed by atoms with van der Waals surface area (Å²) in [6.45, 7) is 0. The number of nitrogens with zero attached hydrogens (tertiary/aromatic N) is 4. The first-order valence-electron chi connectivity index (χ1n) is 21.6. The molecule has 0 atom stereocenters. The fourth-order valence-corrected chi connectivity index (χ4v) is 10.8. The molecule has 4 nitrogen and oxygen atoms in total. The second-order valence-corrected chi connectivity index (χ2v) is 17.4. The van der Waals surface area contributed by atoms with Crippen LogP contribution in [0.1, 0.15) is 0 Å². The van der Waals surface area contributed by atoms with E-state index in [0.29, 0.717) is 17.5 Å². The van der Waals surface area contributed by atoms with Crippen LogP contribution in [-0.2, 0) is 0 Å². The third kappa shape index (κ3) is 5.93. The van der Waals surface area contributed by atoms with Crippen molar-refractivity contribution in [3.05, 3.63) is 218 Å². The molecule has 0 radical (unpaired) electrons. The monoisotopic (exact) mass is 832 g/mol. The molecule has 0 aliphatic carbocycles. The van der Waals surface area contributed by atoms with Crippen LogP contribution in [0.15, 0.2) is 218 Å². The lowest BCUT2D eigenvalue weighted by molar-refractivity contribution is 1.07. The van der Waals surface area contributed by atoms with Gasteiger partial charge in [0.1, 0.15) is 0 Å². The lowest BCUT2D eigenvalue weighted by Crippen LogP contribution is -2.04. The summed E-state index contributed by atoms with van der Waals surface area (Å²) in [6, 6.07) is 78.1. The summed E-state index contributed by atoms with van der Waals surface area (Å²) in [5.41, 5.74) is 10.5. The third-order valence-corrected chi connectivity index (χ3v) is 13.8. The molecule has 10 aromatic carbocycles. The number of para-hydroxylation sites is 2. The predicted octanol–water partition coefficient (Wildman–Crippen LogP) is 16.0. The standard InChI is InChI=1S/C59H36N4S/c1-2-15-37(16-3-1)39-30-32-50(54(35-39)63-52-26-11-8-23-46(52)47-24-9-12-27-53(47)63)58-60-57(61-59(62-58)51-34-41-17-4-5-20-43(41)44-21-6-7-22-45(44)51)42-19-14-18-38(33-42)40-29-31-49-48-25-10-13-28-55(48)64-56(49)36-40/h1-36H. The molecule has 3 heterocycles. The fourth-order valence-electron chi connectivity index (χ4n) is 9.63. The largest absolute Gasteiger partial charge is 0.308 e. The Morgan fingerprint density at radius 3 is 1.64 bits per heavy atom. The van der Waals surface area contributed by atoms with Gasteiger partial charge in [0.25, 0.3) is 0 Å². The molecule has 0 aliphatic rings. The van der Waals surface area contributed by atoms with Crippen molar-refractivity contribution in [1.29, 1.82) is 0 Å². The van der Waals surface area contributed by atoms with Gasteiger partial charge in [0, 0.05) is 47.6 Å². The Labute approximate surface area is 373 Å². The highest BCUT2D eigenvalue weighted by Crippen LogP contribution is 2.41. The van der Waals surface area contributed by atoms with E-state index >= 15 is 0 Å². The van der Waals surface area contributed by atoms with E-state index in [1.54, 1.807) is 0 Å². The first-order chi connectivity index (χ1) is 31.7. The van der Waals surface area contributed by atoms with Gasteiger partial charge in [-0.25, -0.2) is 15.0 Å². The molecule has 13 aromatic rings. The normalized spacial score (nSPS) is 11.8. The average Bonchev–Trinajstić information content (AvgIpc) is 3.91. The predicted molar refractivity (Wildman–Crippen MR) is 269 cm³/mol. The van der Waals surface area contributed by atoms with Gasteiger partial charge in [-0.15, -0.1) is 11.3 Å². The quantitative estimate of drug-likeness (QED) is 0.157. The highest BCUT2D eigenvalue weighted by atomic mass is 32.1. The minimum Gasteiger partial charge on any atom is -0.308 e. The minimum atomic E-state index is 0.603. The van der Waals surface area contributed by atoms with Crippen LogP contribution in [0, 0.1) is 0 Å². The van der Waals surface area contributed by atoms with Gasteiger partial charge in [-0.05, 0) is 92.3 Å². The highest BCUT2D eigenvalue weighted by molar-refractivity contribution is 7.25. The van der Waals surface area contributed by atoms with Crippen molar-refractivity contribution in [2.45, 2.75) is 0 Å². The van der Waals surface area contributed by atoms with E-state index in [1.165, 1.54) is 36.3 Å². The second kappa shape index (κ2) is 14.7. The minimum absolute atomic E-state index is 0.603. The van der Waals surface area contributed by atoms with Gasteiger partial charge in [0.2, 0.25) is 0 Å². The van der Waals surface area contributed by atoms with E-state index in [4.69, 9.17) is 15.0 Å². The Morgan fingerprint density at radius 2 is 0.844 bits per heavy atom. The molecule has 13 rings (SSSR count). The lowest BCUT2D eigenvalue weighted by Gasteiger charge is -2.17. The van der Waals surface area contributed by atoms with Crippen molar-refractivity contribution >= 4 is 74.9 Å². The maximum Gasteiger partial charge on any atom is 0.166 e. The van der Waals surface area contributed by atoms with Crippen LogP contribution in [-0.4, -0.2) is 19.5 Å².